The van der Waals surface area contributed by atoms with Crippen LogP contribution in [0.25, 0.3) is 17.8 Å². The van der Waals surface area contributed by atoms with Crippen molar-refractivity contribution in [3.63, 3.8) is 0 Å². The molecule has 1 aliphatic rings. The molecule has 35 heavy (non-hydrogen) atoms. The Morgan fingerprint density at radius 3 is 2.37 bits per heavy atom. The highest BCUT2D eigenvalue weighted by atomic mass is 16.4. The molecule has 1 amide bonds. The molecule has 0 unspecified atom stereocenters. The molecule has 7 nitrogen and oxygen atoms in total. The van der Waals surface area contributed by atoms with E-state index in [0.717, 1.165) is 42.6 Å². The van der Waals surface area contributed by atoms with Crippen molar-refractivity contribution in [2.75, 3.05) is 4.90 Å². The lowest BCUT2D eigenvalue weighted by Gasteiger charge is -2.32. The standard InChI is InChI=1S/C28H32N4O3/c1-19(2)32(27(33)22-12-7-20(3)8-13-22)26-25(28(34)35)18-31(30-26)24-15-10-21(11-16-24)9-14-23-6-4-5-17-29-23/h4-6,9-11,14-20,22H,7-8,12-13H2,1-3H3,(H,34,35)/b14-9+. The Kier molecular flexibility index (Phi) is 7.44. The van der Waals surface area contributed by atoms with E-state index in [1.54, 1.807) is 11.1 Å². The van der Waals surface area contributed by atoms with E-state index in [9.17, 15) is 14.7 Å². The first kappa shape index (κ1) is 24.4. The molecule has 0 radical (unpaired) electrons. The summed E-state index contributed by atoms with van der Waals surface area (Å²) in [6.07, 6.45) is 10.8. The third-order valence-electron chi connectivity index (χ3n) is 6.56. The predicted octanol–water partition coefficient (Wildman–Crippen LogP) is 5.70. The number of carboxylic acid groups (broad SMARTS) is 1. The van der Waals surface area contributed by atoms with E-state index in [0.29, 0.717) is 5.92 Å². The van der Waals surface area contributed by atoms with E-state index in [1.165, 1.54) is 10.9 Å². The lowest BCUT2D eigenvalue weighted by molar-refractivity contribution is -0.123. The van der Waals surface area contributed by atoms with Gasteiger partial charge in [0.15, 0.2) is 5.82 Å². The van der Waals surface area contributed by atoms with Gasteiger partial charge in [-0.05, 0) is 81.4 Å². The topological polar surface area (TPSA) is 88.3 Å². The molecule has 2 heterocycles. The van der Waals surface area contributed by atoms with Gasteiger partial charge >= 0.3 is 5.97 Å². The number of amides is 1. The maximum atomic E-state index is 13.5. The normalized spacial score (nSPS) is 18.2. The number of aromatic nitrogens is 3. The number of anilines is 1. The molecular formula is C28H32N4O3. The van der Waals surface area contributed by atoms with Crippen LogP contribution in [0, 0.1) is 11.8 Å². The van der Waals surface area contributed by atoms with E-state index < -0.39 is 5.97 Å². The summed E-state index contributed by atoms with van der Waals surface area (Å²) >= 11 is 0. The fourth-order valence-corrected chi connectivity index (χ4v) is 4.53. The molecule has 0 spiro atoms. The molecule has 182 valence electrons. The van der Waals surface area contributed by atoms with Crippen LogP contribution in [0.3, 0.4) is 0 Å². The van der Waals surface area contributed by atoms with Crippen LogP contribution in [0.4, 0.5) is 5.82 Å². The van der Waals surface area contributed by atoms with E-state index in [4.69, 9.17) is 0 Å². The zero-order chi connectivity index (χ0) is 24.9. The van der Waals surface area contributed by atoms with Gasteiger partial charge in [0.25, 0.3) is 0 Å². The molecule has 0 atom stereocenters. The molecule has 1 N–H and O–H groups in total. The van der Waals surface area contributed by atoms with Gasteiger partial charge in [-0.3, -0.25) is 14.7 Å². The summed E-state index contributed by atoms with van der Waals surface area (Å²) in [4.78, 5) is 31.4. The Balaban J connectivity index is 1.60. The van der Waals surface area contributed by atoms with Gasteiger partial charge in [-0.1, -0.05) is 31.2 Å². The highest BCUT2D eigenvalue weighted by Crippen LogP contribution is 2.32. The number of carbonyl (C=O) groups is 2. The van der Waals surface area contributed by atoms with Crippen LogP contribution in [0.1, 0.15) is 68.1 Å². The van der Waals surface area contributed by atoms with E-state index in [-0.39, 0.29) is 29.2 Å². The van der Waals surface area contributed by atoms with Crippen molar-refractivity contribution in [3.05, 3.63) is 71.7 Å². The van der Waals surface area contributed by atoms with Crippen molar-refractivity contribution in [3.8, 4) is 5.69 Å². The second-order valence-electron chi connectivity index (χ2n) is 9.55. The maximum absolute atomic E-state index is 13.5. The number of pyridine rings is 1. The highest BCUT2D eigenvalue weighted by Gasteiger charge is 2.34. The van der Waals surface area contributed by atoms with Gasteiger partial charge in [0.1, 0.15) is 5.56 Å². The number of aromatic carboxylic acids is 1. The number of nitrogens with zero attached hydrogens (tertiary/aromatic N) is 4. The maximum Gasteiger partial charge on any atom is 0.341 e. The Bertz CT molecular complexity index is 1190. The number of hydrogen-bond donors (Lipinski definition) is 1. The summed E-state index contributed by atoms with van der Waals surface area (Å²) in [6, 6.07) is 13.2. The first-order valence-corrected chi connectivity index (χ1v) is 12.2. The molecule has 7 heteroatoms. The average molecular weight is 473 g/mol. The van der Waals surface area contributed by atoms with Gasteiger partial charge in [-0.2, -0.15) is 0 Å². The van der Waals surface area contributed by atoms with Gasteiger partial charge in [-0.15, -0.1) is 5.10 Å². The Morgan fingerprint density at radius 1 is 1.06 bits per heavy atom. The number of carbonyl (C=O) groups excluding carboxylic acids is 1. The molecule has 4 rings (SSSR count). The summed E-state index contributed by atoms with van der Waals surface area (Å²) in [6.45, 7) is 6.01. The molecule has 1 saturated carbocycles. The van der Waals surface area contributed by atoms with Crippen molar-refractivity contribution in [1.29, 1.82) is 0 Å². The molecular weight excluding hydrogens is 440 g/mol. The lowest BCUT2D eigenvalue weighted by Crippen LogP contribution is -2.43. The lowest BCUT2D eigenvalue weighted by atomic mass is 9.82. The number of carboxylic acids is 1. The van der Waals surface area contributed by atoms with Crippen LogP contribution in [0.5, 0.6) is 0 Å². The van der Waals surface area contributed by atoms with E-state index >= 15 is 0 Å². The number of hydrogen-bond acceptors (Lipinski definition) is 4. The van der Waals surface area contributed by atoms with Crippen LogP contribution < -0.4 is 4.90 Å². The molecule has 2 aromatic heterocycles. The Labute approximate surface area is 206 Å². The largest absolute Gasteiger partial charge is 0.477 e. The second kappa shape index (κ2) is 10.7. The molecule has 3 aromatic rings. The van der Waals surface area contributed by atoms with Crippen LogP contribution in [-0.4, -0.2) is 37.8 Å². The quantitative estimate of drug-likeness (QED) is 0.476. The van der Waals surface area contributed by atoms with Crippen LogP contribution in [0.2, 0.25) is 0 Å². The van der Waals surface area contributed by atoms with Gasteiger partial charge in [0, 0.05) is 24.4 Å². The van der Waals surface area contributed by atoms with Crippen LogP contribution >= 0.6 is 0 Å². The minimum absolute atomic E-state index is 0.0235. The third kappa shape index (κ3) is 5.67. The summed E-state index contributed by atoms with van der Waals surface area (Å²) < 4.78 is 1.54. The molecule has 0 aliphatic heterocycles. The highest BCUT2D eigenvalue weighted by molar-refractivity contribution is 6.01. The van der Waals surface area contributed by atoms with Gasteiger partial charge in [0.05, 0.1) is 11.4 Å². The number of rotatable bonds is 7. The molecule has 1 aliphatic carbocycles. The van der Waals surface area contributed by atoms with E-state index in [1.807, 2.05) is 68.5 Å². The zero-order valence-electron chi connectivity index (χ0n) is 20.5. The summed E-state index contributed by atoms with van der Waals surface area (Å²) in [5, 5.41) is 14.5. The first-order chi connectivity index (χ1) is 16.8. The van der Waals surface area contributed by atoms with Crippen molar-refractivity contribution in [1.82, 2.24) is 14.8 Å². The average Bonchev–Trinajstić information content (AvgIpc) is 3.29. The predicted molar refractivity (Wildman–Crippen MR) is 137 cm³/mol. The molecule has 0 saturated heterocycles. The minimum Gasteiger partial charge on any atom is -0.477 e. The number of benzene rings is 1. The van der Waals surface area contributed by atoms with Crippen LogP contribution in [-0.2, 0) is 4.79 Å². The molecule has 1 fully saturated rings. The van der Waals surface area contributed by atoms with E-state index in [2.05, 4.69) is 17.0 Å². The monoisotopic (exact) mass is 472 g/mol. The van der Waals surface area contributed by atoms with Crippen molar-refractivity contribution >= 4 is 29.8 Å². The summed E-state index contributed by atoms with van der Waals surface area (Å²) in [5.74, 6) is -0.394. The molecule has 1 aromatic carbocycles. The minimum atomic E-state index is -1.10. The SMILES string of the molecule is CC1CCC(C(=O)N(c2nn(-c3ccc(/C=C/c4ccccn4)cc3)cc2C(=O)O)C(C)C)CC1. The van der Waals surface area contributed by atoms with Crippen molar-refractivity contribution < 1.29 is 14.7 Å². The first-order valence-electron chi connectivity index (χ1n) is 12.2. The fourth-order valence-electron chi connectivity index (χ4n) is 4.53. The van der Waals surface area contributed by atoms with Gasteiger partial charge in [0.2, 0.25) is 5.91 Å². The zero-order valence-corrected chi connectivity index (χ0v) is 20.5. The third-order valence-corrected chi connectivity index (χ3v) is 6.56. The smallest absolute Gasteiger partial charge is 0.341 e. The van der Waals surface area contributed by atoms with Crippen molar-refractivity contribution in [2.24, 2.45) is 11.8 Å². The van der Waals surface area contributed by atoms with Gasteiger partial charge in [-0.25, -0.2) is 9.48 Å². The molecule has 0 bridgehead atoms. The fraction of sp³-hybridized carbons (Fsp3) is 0.357. The van der Waals surface area contributed by atoms with Gasteiger partial charge < -0.3 is 5.11 Å². The Hall–Kier alpha value is -3.74. The Morgan fingerprint density at radius 2 is 1.77 bits per heavy atom. The van der Waals surface area contributed by atoms with Crippen molar-refractivity contribution in [2.45, 2.75) is 52.5 Å². The summed E-state index contributed by atoms with van der Waals surface area (Å²) in [5.41, 5.74) is 2.59. The van der Waals surface area contributed by atoms with Crippen LogP contribution in [0.15, 0.2) is 54.9 Å². The summed E-state index contributed by atoms with van der Waals surface area (Å²) in [7, 11) is 0. The second-order valence-corrected chi connectivity index (χ2v) is 9.55.